The number of carbonyl (C=O) groups is 3. The maximum Gasteiger partial charge on any atom is 0.328 e. The molecule has 0 saturated carbocycles. The first-order chi connectivity index (χ1) is 9.26. The highest BCUT2D eigenvalue weighted by Crippen LogP contribution is 2.03. The molecule has 0 bridgehead atoms. The van der Waals surface area contributed by atoms with E-state index in [-0.39, 0.29) is 25.0 Å². The monoisotopic (exact) mass is 285 g/mol. The van der Waals surface area contributed by atoms with Crippen molar-refractivity contribution in [2.45, 2.75) is 58.7 Å². The van der Waals surface area contributed by atoms with Crippen LogP contribution in [-0.4, -0.2) is 42.2 Å². The number of esters is 1. The van der Waals surface area contributed by atoms with E-state index in [0.29, 0.717) is 6.21 Å². The maximum absolute atomic E-state index is 11.8. The summed E-state index contributed by atoms with van der Waals surface area (Å²) in [5.74, 6) is -0.991. The first-order valence-corrected chi connectivity index (χ1v) is 6.57. The van der Waals surface area contributed by atoms with Crippen molar-refractivity contribution >= 4 is 24.0 Å². The van der Waals surface area contributed by atoms with Crippen molar-refractivity contribution in [2.75, 3.05) is 0 Å². The molecule has 0 aromatic rings. The van der Waals surface area contributed by atoms with E-state index in [1.807, 2.05) is 0 Å². The van der Waals surface area contributed by atoms with E-state index in [1.54, 1.807) is 27.7 Å². The van der Waals surface area contributed by atoms with Gasteiger partial charge < -0.3 is 20.8 Å². The average molecular weight is 285 g/mol. The number of hydrogen-bond acceptors (Lipinski definition) is 5. The average Bonchev–Trinajstić information content (AvgIpc) is 2.31. The van der Waals surface area contributed by atoms with Crippen LogP contribution in [0.15, 0.2) is 0 Å². The molecule has 0 aliphatic carbocycles. The Morgan fingerprint density at radius 1 is 1.15 bits per heavy atom. The first-order valence-electron chi connectivity index (χ1n) is 6.57. The molecule has 0 spiro atoms. The van der Waals surface area contributed by atoms with Crippen molar-refractivity contribution in [3.8, 4) is 0 Å². The summed E-state index contributed by atoms with van der Waals surface area (Å²) in [7, 11) is 0. The zero-order chi connectivity index (χ0) is 15.7. The molecule has 0 aromatic heterocycles. The number of hydrogen-bond donors (Lipinski definition) is 3. The fraction of sp³-hybridized carbons (Fsp3) is 0.692. The van der Waals surface area contributed by atoms with Gasteiger partial charge in [0.1, 0.15) is 6.04 Å². The lowest BCUT2D eigenvalue weighted by molar-refractivity contribution is -0.149. The largest absolute Gasteiger partial charge is 0.461 e. The molecule has 0 heterocycles. The van der Waals surface area contributed by atoms with Crippen LogP contribution in [0.5, 0.6) is 0 Å². The van der Waals surface area contributed by atoms with Gasteiger partial charge in [-0.05, 0) is 34.1 Å². The first kappa shape index (κ1) is 18.1. The van der Waals surface area contributed by atoms with Crippen molar-refractivity contribution < 1.29 is 19.1 Å². The Kier molecular flexibility index (Phi) is 8.19. The molecule has 0 saturated heterocycles. The summed E-state index contributed by atoms with van der Waals surface area (Å²) in [6.07, 6.45) is 0.492. The smallest absolute Gasteiger partial charge is 0.328 e. The number of nitrogens with one attached hydrogen (secondary N) is 3. The van der Waals surface area contributed by atoms with Crippen LogP contribution in [0.4, 0.5) is 4.79 Å². The number of ether oxygens (including phenoxy) is 1. The Bertz CT molecular complexity index is 367. The number of rotatable bonds is 8. The van der Waals surface area contributed by atoms with Crippen molar-refractivity contribution in [1.29, 1.82) is 5.41 Å². The summed E-state index contributed by atoms with van der Waals surface area (Å²) in [5, 5.41) is 11.9. The van der Waals surface area contributed by atoms with Crippen LogP contribution in [0.3, 0.4) is 0 Å². The van der Waals surface area contributed by atoms with Crippen LogP contribution >= 0.6 is 0 Å². The molecule has 0 unspecified atom stereocenters. The fourth-order valence-electron chi connectivity index (χ4n) is 1.38. The van der Waals surface area contributed by atoms with Gasteiger partial charge in [-0.2, -0.15) is 0 Å². The third-order valence-corrected chi connectivity index (χ3v) is 2.20. The predicted molar refractivity (Wildman–Crippen MR) is 74.8 cm³/mol. The Morgan fingerprint density at radius 3 is 2.20 bits per heavy atom. The molecule has 1 atom stereocenters. The second-order valence-electron chi connectivity index (χ2n) is 4.96. The van der Waals surface area contributed by atoms with Crippen molar-refractivity contribution in [1.82, 2.24) is 10.6 Å². The van der Waals surface area contributed by atoms with Crippen LogP contribution in [0.2, 0.25) is 0 Å². The van der Waals surface area contributed by atoms with Gasteiger partial charge in [0, 0.05) is 12.5 Å². The maximum atomic E-state index is 11.8. The lowest BCUT2D eigenvalue weighted by Crippen LogP contribution is -2.48. The van der Waals surface area contributed by atoms with Crippen LogP contribution in [0.25, 0.3) is 0 Å². The molecule has 20 heavy (non-hydrogen) atoms. The highest BCUT2D eigenvalue weighted by atomic mass is 16.5. The molecule has 114 valence electrons. The van der Waals surface area contributed by atoms with E-state index in [4.69, 9.17) is 10.1 Å². The van der Waals surface area contributed by atoms with Crippen molar-refractivity contribution in [2.24, 2.45) is 0 Å². The molecule has 0 fully saturated rings. The second-order valence-corrected chi connectivity index (χ2v) is 4.96. The number of Topliss-reactive ketones (excluding diaryl/α,β-unsaturated/α-hetero) is 1. The van der Waals surface area contributed by atoms with Gasteiger partial charge in [-0.3, -0.25) is 4.79 Å². The Hall–Kier alpha value is -1.92. The fourth-order valence-corrected chi connectivity index (χ4v) is 1.38. The number of carbonyl (C=O) groups excluding carboxylic acids is 3. The lowest BCUT2D eigenvalue weighted by Gasteiger charge is -2.19. The van der Waals surface area contributed by atoms with Crippen molar-refractivity contribution in [3.63, 3.8) is 0 Å². The zero-order valence-corrected chi connectivity index (χ0v) is 12.4. The molecule has 0 radical (unpaired) electrons. The van der Waals surface area contributed by atoms with Crippen LogP contribution in [-0.2, 0) is 14.3 Å². The minimum atomic E-state index is -0.903. The molecule has 7 heteroatoms. The second kappa shape index (κ2) is 9.06. The van der Waals surface area contributed by atoms with Crippen LogP contribution < -0.4 is 10.6 Å². The van der Waals surface area contributed by atoms with Gasteiger partial charge in [-0.25, -0.2) is 9.59 Å². The number of urea groups is 1. The summed E-state index contributed by atoms with van der Waals surface area (Å²) < 4.78 is 5.03. The topological polar surface area (TPSA) is 108 Å². The van der Waals surface area contributed by atoms with Gasteiger partial charge in [-0.15, -0.1) is 0 Å². The standard InChI is InChI=1S/C13H23N3O4/c1-8(2)15-13(19)16-11(6-5-10(17)7-14)12(18)20-9(3)4/h7-9,11,14H,5-6H2,1-4H3,(H2,15,16,19)/t11-/m0/s1. The Balaban J connectivity index is 4.60. The van der Waals surface area contributed by atoms with E-state index in [9.17, 15) is 14.4 Å². The minimum Gasteiger partial charge on any atom is -0.461 e. The summed E-state index contributed by atoms with van der Waals surface area (Å²) in [5.41, 5.74) is 0. The molecule has 7 nitrogen and oxygen atoms in total. The van der Waals surface area contributed by atoms with E-state index >= 15 is 0 Å². The summed E-state index contributed by atoms with van der Waals surface area (Å²) in [6.45, 7) is 6.98. The van der Waals surface area contributed by atoms with Gasteiger partial charge >= 0.3 is 12.0 Å². The predicted octanol–water partition coefficient (Wildman–Crippen LogP) is 1.01. The van der Waals surface area contributed by atoms with Gasteiger partial charge in [0.15, 0.2) is 5.78 Å². The normalized spacial score (nSPS) is 11.9. The van der Waals surface area contributed by atoms with Gasteiger partial charge in [0.25, 0.3) is 0 Å². The van der Waals surface area contributed by atoms with Gasteiger partial charge in [-0.1, -0.05) is 0 Å². The number of ketones is 1. The minimum absolute atomic E-state index is 0.00329. The highest BCUT2D eigenvalue weighted by molar-refractivity contribution is 6.26. The van der Waals surface area contributed by atoms with Gasteiger partial charge in [0.2, 0.25) is 0 Å². The highest BCUT2D eigenvalue weighted by Gasteiger charge is 2.23. The van der Waals surface area contributed by atoms with E-state index in [2.05, 4.69) is 10.6 Å². The third kappa shape index (κ3) is 8.23. The molecule has 0 aliphatic heterocycles. The molecular weight excluding hydrogens is 262 g/mol. The quantitative estimate of drug-likeness (QED) is 0.457. The molecule has 0 aliphatic rings. The van der Waals surface area contributed by atoms with Crippen LogP contribution in [0.1, 0.15) is 40.5 Å². The molecular formula is C13H23N3O4. The van der Waals surface area contributed by atoms with Gasteiger partial charge in [0.05, 0.1) is 12.3 Å². The Labute approximate surface area is 119 Å². The van der Waals surface area contributed by atoms with E-state index in [1.165, 1.54) is 0 Å². The molecule has 3 N–H and O–H groups in total. The molecule has 2 amide bonds. The van der Waals surface area contributed by atoms with E-state index < -0.39 is 23.8 Å². The summed E-state index contributed by atoms with van der Waals surface area (Å²) in [4.78, 5) is 34.6. The Morgan fingerprint density at radius 2 is 1.75 bits per heavy atom. The number of amides is 2. The summed E-state index contributed by atoms with van der Waals surface area (Å²) in [6, 6.07) is -1.46. The summed E-state index contributed by atoms with van der Waals surface area (Å²) >= 11 is 0. The lowest BCUT2D eigenvalue weighted by atomic mass is 10.1. The SMILES string of the molecule is CC(C)NC(=O)N[C@@H](CCC(=O)C=N)C(=O)OC(C)C. The molecule has 0 aromatic carbocycles. The third-order valence-electron chi connectivity index (χ3n) is 2.20. The zero-order valence-electron chi connectivity index (χ0n) is 12.4. The molecule has 0 rings (SSSR count). The van der Waals surface area contributed by atoms with Crippen molar-refractivity contribution in [3.05, 3.63) is 0 Å². The van der Waals surface area contributed by atoms with E-state index in [0.717, 1.165) is 0 Å². The van der Waals surface area contributed by atoms with Crippen LogP contribution in [0, 0.1) is 5.41 Å².